The van der Waals surface area contributed by atoms with Crippen LogP contribution in [0.3, 0.4) is 0 Å². The lowest BCUT2D eigenvalue weighted by molar-refractivity contribution is 1.04. The van der Waals surface area contributed by atoms with Crippen molar-refractivity contribution in [3.05, 3.63) is 89.5 Å². The van der Waals surface area contributed by atoms with E-state index in [0.717, 1.165) is 12.8 Å². The number of benzene rings is 3. The van der Waals surface area contributed by atoms with Gasteiger partial charge in [0.05, 0.1) is 0 Å². The molecule has 0 amide bonds. The zero-order chi connectivity index (χ0) is 15.6. The maximum Gasteiger partial charge on any atom is -0.00575 e. The molecule has 3 aromatic rings. The Kier molecular flexibility index (Phi) is 3.59. The van der Waals surface area contributed by atoms with Crippen LogP contribution in [0.4, 0.5) is 0 Å². The van der Waals surface area contributed by atoms with E-state index in [9.17, 15) is 0 Å². The van der Waals surface area contributed by atoms with E-state index in [1.54, 1.807) is 0 Å². The van der Waals surface area contributed by atoms with Gasteiger partial charge in [0.1, 0.15) is 0 Å². The van der Waals surface area contributed by atoms with Crippen LogP contribution in [-0.2, 0) is 6.42 Å². The van der Waals surface area contributed by atoms with E-state index in [1.807, 2.05) is 0 Å². The van der Waals surface area contributed by atoms with Gasteiger partial charge in [-0.3, -0.25) is 0 Å². The molecule has 3 aromatic carbocycles. The zero-order valence-electron chi connectivity index (χ0n) is 13.4. The van der Waals surface area contributed by atoms with Crippen LogP contribution < -0.4 is 0 Å². The molecule has 0 saturated carbocycles. The topological polar surface area (TPSA) is 0 Å². The zero-order valence-corrected chi connectivity index (χ0v) is 13.4. The van der Waals surface area contributed by atoms with Crippen LogP contribution in [0.5, 0.6) is 0 Å². The number of allylic oxidation sites excluding steroid dienone is 1. The molecule has 0 fully saturated rings. The van der Waals surface area contributed by atoms with E-state index >= 15 is 0 Å². The third kappa shape index (κ3) is 2.61. The average molecular weight is 296 g/mol. The highest BCUT2D eigenvalue weighted by molar-refractivity contribution is 5.85. The van der Waals surface area contributed by atoms with E-state index in [2.05, 4.69) is 85.8 Å². The highest BCUT2D eigenvalue weighted by atomic mass is 14.2. The van der Waals surface area contributed by atoms with Crippen molar-refractivity contribution >= 4 is 6.08 Å². The predicted molar refractivity (Wildman–Crippen MR) is 99.3 cm³/mol. The molecule has 0 heteroatoms. The Bertz CT molecular complexity index is 855. The third-order valence-corrected chi connectivity index (χ3v) is 4.68. The van der Waals surface area contributed by atoms with Crippen LogP contribution in [0, 0.1) is 0 Å². The molecule has 0 aliphatic heterocycles. The summed E-state index contributed by atoms with van der Waals surface area (Å²) in [5.41, 5.74) is 9.66. The van der Waals surface area contributed by atoms with Crippen molar-refractivity contribution in [3.8, 4) is 22.3 Å². The van der Waals surface area contributed by atoms with Crippen LogP contribution in [0.1, 0.15) is 24.5 Å². The molecule has 0 saturated heterocycles. The van der Waals surface area contributed by atoms with Gasteiger partial charge in [0.2, 0.25) is 0 Å². The molecule has 0 bridgehead atoms. The molecule has 112 valence electrons. The molecule has 0 spiro atoms. The Morgan fingerprint density at radius 2 is 1.39 bits per heavy atom. The van der Waals surface area contributed by atoms with Crippen molar-refractivity contribution in [2.24, 2.45) is 0 Å². The van der Waals surface area contributed by atoms with Gasteiger partial charge in [-0.1, -0.05) is 85.3 Å². The number of hydrogen-bond donors (Lipinski definition) is 0. The first-order valence-corrected chi connectivity index (χ1v) is 8.32. The predicted octanol–water partition coefficient (Wildman–Crippen LogP) is 6.37. The van der Waals surface area contributed by atoms with Gasteiger partial charge in [0, 0.05) is 0 Å². The molecule has 0 aromatic heterocycles. The maximum absolute atomic E-state index is 2.40. The minimum atomic E-state index is 1.09. The lowest BCUT2D eigenvalue weighted by Gasteiger charge is -2.12. The van der Waals surface area contributed by atoms with Crippen molar-refractivity contribution in [3.63, 3.8) is 0 Å². The van der Waals surface area contributed by atoms with E-state index in [1.165, 1.54) is 39.0 Å². The molecule has 0 N–H and O–H groups in total. The summed E-state index contributed by atoms with van der Waals surface area (Å²) in [5, 5.41) is 0. The van der Waals surface area contributed by atoms with Gasteiger partial charge in [-0.05, 0) is 52.3 Å². The second-order valence-corrected chi connectivity index (χ2v) is 6.16. The first-order chi connectivity index (χ1) is 11.3. The van der Waals surface area contributed by atoms with Gasteiger partial charge in [-0.25, -0.2) is 0 Å². The maximum atomic E-state index is 2.40. The van der Waals surface area contributed by atoms with Gasteiger partial charge < -0.3 is 0 Å². The quantitative estimate of drug-likeness (QED) is 0.526. The summed E-state index contributed by atoms with van der Waals surface area (Å²) in [6.07, 6.45) is 4.61. The van der Waals surface area contributed by atoms with Crippen LogP contribution >= 0.6 is 0 Å². The summed E-state index contributed by atoms with van der Waals surface area (Å²) >= 11 is 0. The fourth-order valence-electron chi connectivity index (χ4n) is 3.41. The molecule has 4 rings (SSSR count). The molecule has 0 nitrogen and oxygen atoms in total. The van der Waals surface area contributed by atoms with Crippen molar-refractivity contribution in [2.45, 2.75) is 19.8 Å². The number of rotatable bonds is 3. The summed E-state index contributed by atoms with van der Waals surface area (Å²) in [6, 6.07) is 26.1. The minimum absolute atomic E-state index is 1.09. The van der Waals surface area contributed by atoms with Crippen LogP contribution in [0.2, 0.25) is 0 Å². The number of hydrogen-bond acceptors (Lipinski definition) is 0. The van der Waals surface area contributed by atoms with Crippen molar-refractivity contribution in [1.29, 1.82) is 0 Å². The van der Waals surface area contributed by atoms with Crippen LogP contribution in [0.15, 0.2) is 78.4 Å². The van der Waals surface area contributed by atoms with Crippen molar-refractivity contribution in [2.75, 3.05) is 0 Å². The Morgan fingerprint density at radius 1 is 0.739 bits per heavy atom. The molecule has 1 aliphatic rings. The lowest BCUT2D eigenvalue weighted by Crippen LogP contribution is -1.91. The van der Waals surface area contributed by atoms with Gasteiger partial charge in [0.15, 0.2) is 0 Å². The monoisotopic (exact) mass is 296 g/mol. The fourth-order valence-corrected chi connectivity index (χ4v) is 3.41. The van der Waals surface area contributed by atoms with Crippen molar-refractivity contribution in [1.82, 2.24) is 0 Å². The van der Waals surface area contributed by atoms with Gasteiger partial charge in [0.25, 0.3) is 0 Å². The van der Waals surface area contributed by atoms with E-state index in [-0.39, 0.29) is 0 Å². The Labute approximate surface area is 138 Å². The number of fused-ring (bicyclic) bond motifs is 1. The van der Waals surface area contributed by atoms with Crippen molar-refractivity contribution < 1.29 is 0 Å². The Balaban J connectivity index is 1.92. The fraction of sp³-hybridized carbons (Fsp3) is 0.130. The second kappa shape index (κ2) is 5.89. The largest absolute Gasteiger partial charge is 0.0655 e. The van der Waals surface area contributed by atoms with Gasteiger partial charge >= 0.3 is 0 Å². The first kappa shape index (κ1) is 14.0. The SMILES string of the molecule is CCC1=Cc2c(cc(-c3ccccc3)cc2-c2ccccc2)C1. The molecule has 0 radical (unpaired) electrons. The Hall–Kier alpha value is -2.60. The summed E-state index contributed by atoms with van der Waals surface area (Å²) in [7, 11) is 0. The average Bonchev–Trinajstić information content (AvgIpc) is 3.05. The third-order valence-electron chi connectivity index (χ3n) is 4.68. The van der Waals surface area contributed by atoms with Gasteiger partial charge in [-0.15, -0.1) is 0 Å². The highest BCUT2D eigenvalue weighted by Gasteiger charge is 2.17. The molecular weight excluding hydrogens is 276 g/mol. The standard InChI is InChI=1S/C23H20/c1-2-17-13-21-15-20(18-9-5-3-6-10-18)16-23(22(21)14-17)19-11-7-4-8-12-19/h3-12,14-16H,2,13H2,1H3. The lowest BCUT2D eigenvalue weighted by atomic mass is 9.92. The summed E-state index contributed by atoms with van der Waals surface area (Å²) in [6.45, 7) is 2.25. The van der Waals surface area contributed by atoms with Gasteiger partial charge in [-0.2, -0.15) is 0 Å². The molecule has 0 unspecified atom stereocenters. The second-order valence-electron chi connectivity index (χ2n) is 6.16. The van der Waals surface area contributed by atoms with E-state index < -0.39 is 0 Å². The normalized spacial score (nSPS) is 12.8. The summed E-state index contributed by atoms with van der Waals surface area (Å²) in [5.74, 6) is 0. The summed E-state index contributed by atoms with van der Waals surface area (Å²) < 4.78 is 0. The minimum Gasteiger partial charge on any atom is -0.0655 e. The smallest absolute Gasteiger partial charge is 0.00575 e. The summed E-state index contributed by atoms with van der Waals surface area (Å²) in [4.78, 5) is 0. The van der Waals surface area contributed by atoms with Crippen LogP contribution in [0.25, 0.3) is 28.3 Å². The molecular formula is C23H20. The molecule has 0 heterocycles. The van der Waals surface area contributed by atoms with E-state index in [0.29, 0.717) is 0 Å². The highest BCUT2D eigenvalue weighted by Crippen LogP contribution is 2.38. The first-order valence-electron chi connectivity index (χ1n) is 8.32. The Morgan fingerprint density at radius 3 is 2.04 bits per heavy atom. The molecule has 1 aliphatic carbocycles. The van der Waals surface area contributed by atoms with Crippen LogP contribution in [-0.4, -0.2) is 0 Å². The van der Waals surface area contributed by atoms with E-state index in [4.69, 9.17) is 0 Å². The molecule has 23 heavy (non-hydrogen) atoms. The molecule has 0 atom stereocenters.